The summed E-state index contributed by atoms with van der Waals surface area (Å²) in [6, 6.07) is 13.4. The van der Waals surface area contributed by atoms with Gasteiger partial charge in [-0.05, 0) is 36.2 Å². The second-order valence-electron chi connectivity index (χ2n) is 6.05. The fraction of sp³-hybridized carbons (Fsp3) is 0.111. The zero-order valence-electron chi connectivity index (χ0n) is 15.8. The Morgan fingerprint density at radius 3 is 2.70 bits per heavy atom. The second kappa shape index (κ2) is 9.52. The van der Waals surface area contributed by atoms with Gasteiger partial charge < -0.3 is 11.2 Å². The average Bonchev–Trinajstić information content (AvgIpc) is 3.08. The van der Waals surface area contributed by atoms with Gasteiger partial charge in [-0.1, -0.05) is 30.0 Å². The highest BCUT2D eigenvalue weighted by Crippen LogP contribution is 2.18. The van der Waals surface area contributed by atoms with Gasteiger partial charge in [-0.2, -0.15) is 5.10 Å². The third kappa shape index (κ3) is 5.32. The minimum absolute atomic E-state index is 0.00469. The largest absolute Gasteiger partial charge is 0.334 e. The van der Waals surface area contributed by atoms with Gasteiger partial charge in [-0.15, -0.1) is 10.2 Å². The topological polar surface area (TPSA) is 153 Å². The maximum Gasteiger partial charge on any atom is 0.269 e. The van der Waals surface area contributed by atoms with E-state index in [9.17, 15) is 14.9 Å². The van der Waals surface area contributed by atoms with Gasteiger partial charge in [0, 0.05) is 17.8 Å². The molecule has 0 aliphatic carbocycles. The first kappa shape index (κ1) is 20.8. The molecule has 11 nitrogen and oxygen atoms in total. The van der Waals surface area contributed by atoms with E-state index in [4.69, 9.17) is 5.84 Å². The molecule has 0 saturated heterocycles. The van der Waals surface area contributed by atoms with E-state index in [1.165, 1.54) is 23.0 Å². The molecule has 1 amide bonds. The maximum absolute atomic E-state index is 12.1. The molecule has 0 bridgehead atoms. The number of anilines is 2. The fourth-order valence-electron chi connectivity index (χ4n) is 2.33. The summed E-state index contributed by atoms with van der Waals surface area (Å²) in [5.41, 5.74) is 5.01. The molecule has 0 spiro atoms. The zero-order chi connectivity index (χ0) is 21.5. The minimum atomic E-state index is -0.476. The smallest absolute Gasteiger partial charge is 0.269 e. The number of non-ortho nitro benzene ring substituents is 1. The molecule has 0 aliphatic heterocycles. The van der Waals surface area contributed by atoms with Crippen LogP contribution in [0.3, 0.4) is 0 Å². The van der Waals surface area contributed by atoms with E-state index in [0.29, 0.717) is 10.7 Å². The highest BCUT2D eigenvalue weighted by Gasteiger charge is 2.12. The number of carbonyl (C=O) groups excluding carboxylic acids is 1. The molecule has 3 aromatic rings. The van der Waals surface area contributed by atoms with Crippen LogP contribution in [0, 0.1) is 17.0 Å². The monoisotopic (exact) mass is 426 g/mol. The van der Waals surface area contributed by atoms with Crippen LogP contribution in [-0.2, 0) is 4.79 Å². The van der Waals surface area contributed by atoms with Crippen LogP contribution in [0.25, 0.3) is 0 Å². The van der Waals surface area contributed by atoms with E-state index >= 15 is 0 Å². The summed E-state index contributed by atoms with van der Waals surface area (Å²) in [5, 5.41) is 25.6. The molecule has 0 saturated carbocycles. The first-order valence-corrected chi connectivity index (χ1v) is 9.65. The van der Waals surface area contributed by atoms with Crippen LogP contribution < -0.4 is 16.6 Å². The van der Waals surface area contributed by atoms with Crippen LogP contribution >= 0.6 is 11.8 Å². The number of nitrogens with zero attached hydrogens (tertiary/aromatic N) is 5. The van der Waals surface area contributed by atoms with Gasteiger partial charge in [0.05, 0.1) is 16.9 Å². The molecule has 12 heteroatoms. The Bertz CT molecular complexity index is 1080. The maximum atomic E-state index is 12.1. The van der Waals surface area contributed by atoms with Gasteiger partial charge in [0.2, 0.25) is 11.1 Å². The molecule has 4 N–H and O–H groups in total. The lowest BCUT2D eigenvalue weighted by Gasteiger charge is -2.07. The van der Waals surface area contributed by atoms with Gasteiger partial charge in [0.1, 0.15) is 0 Å². The number of amides is 1. The molecule has 1 heterocycles. The molecule has 0 unspecified atom stereocenters. The average molecular weight is 426 g/mol. The number of nitro benzene ring substituents is 1. The fourth-order valence-corrected chi connectivity index (χ4v) is 2.98. The number of carbonyl (C=O) groups is 1. The SMILES string of the molecule is Cc1ccccc1NC(=O)CSc1nnc(N/N=C/c2ccc([N+](=O)[O-])cc2)n1N. The number of rotatable bonds is 8. The summed E-state index contributed by atoms with van der Waals surface area (Å²) in [7, 11) is 0. The van der Waals surface area contributed by atoms with Gasteiger partial charge in [0.15, 0.2) is 0 Å². The molecule has 0 atom stereocenters. The summed E-state index contributed by atoms with van der Waals surface area (Å²) in [5.74, 6) is 6.02. The van der Waals surface area contributed by atoms with Crippen molar-refractivity contribution in [1.82, 2.24) is 14.9 Å². The number of thioether (sulfide) groups is 1. The molecular formula is C18H18N8O3S. The number of nitrogens with one attached hydrogen (secondary N) is 2. The Morgan fingerprint density at radius 2 is 2.00 bits per heavy atom. The number of nitro groups is 1. The van der Waals surface area contributed by atoms with E-state index in [1.54, 1.807) is 12.1 Å². The second-order valence-corrected chi connectivity index (χ2v) is 6.99. The number of aromatic nitrogens is 3. The quantitative estimate of drug-likeness (QED) is 0.163. The van der Waals surface area contributed by atoms with Crippen LogP contribution in [-0.4, -0.2) is 37.7 Å². The van der Waals surface area contributed by atoms with E-state index in [2.05, 4.69) is 26.0 Å². The number of nitrogen functional groups attached to an aromatic ring is 1. The van der Waals surface area contributed by atoms with Gasteiger partial charge in [-0.25, -0.2) is 10.1 Å². The van der Waals surface area contributed by atoms with Crippen LogP contribution in [0.4, 0.5) is 17.3 Å². The predicted octanol–water partition coefficient (Wildman–Crippen LogP) is 2.39. The minimum Gasteiger partial charge on any atom is -0.334 e. The molecule has 2 aromatic carbocycles. The Labute approximate surface area is 175 Å². The highest BCUT2D eigenvalue weighted by atomic mass is 32.2. The number of para-hydroxylation sites is 1. The van der Waals surface area contributed by atoms with Crippen molar-refractivity contribution in [3.05, 3.63) is 69.8 Å². The van der Waals surface area contributed by atoms with Crippen molar-refractivity contribution in [1.29, 1.82) is 0 Å². The first-order chi connectivity index (χ1) is 14.4. The highest BCUT2D eigenvalue weighted by molar-refractivity contribution is 7.99. The molecule has 0 fully saturated rings. The van der Waals surface area contributed by atoms with Gasteiger partial charge in [0.25, 0.3) is 11.6 Å². The van der Waals surface area contributed by atoms with Crippen molar-refractivity contribution < 1.29 is 9.72 Å². The van der Waals surface area contributed by atoms with Crippen LogP contribution in [0.1, 0.15) is 11.1 Å². The van der Waals surface area contributed by atoms with E-state index in [1.807, 2.05) is 31.2 Å². The Hall–Kier alpha value is -3.93. The van der Waals surface area contributed by atoms with Crippen molar-refractivity contribution in [3.63, 3.8) is 0 Å². The van der Waals surface area contributed by atoms with Crippen LogP contribution in [0.2, 0.25) is 0 Å². The third-order valence-electron chi connectivity index (χ3n) is 3.90. The number of hydrogen-bond donors (Lipinski definition) is 3. The molecule has 1 aromatic heterocycles. The lowest BCUT2D eigenvalue weighted by Crippen LogP contribution is -2.17. The number of aryl methyl sites for hydroxylation is 1. The van der Waals surface area contributed by atoms with E-state index in [-0.39, 0.29) is 23.3 Å². The van der Waals surface area contributed by atoms with Crippen LogP contribution in [0.5, 0.6) is 0 Å². The van der Waals surface area contributed by atoms with Crippen molar-refractivity contribution >= 4 is 41.2 Å². The Kier molecular flexibility index (Phi) is 6.60. The van der Waals surface area contributed by atoms with Crippen molar-refractivity contribution in [2.75, 3.05) is 22.3 Å². The molecule has 0 aliphatic rings. The van der Waals surface area contributed by atoms with Gasteiger partial charge >= 0.3 is 0 Å². The summed E-state index contributed by atoms with van der Waals surface area (Å²) in [4.78, 5) is 22.3. The number of benzene rings is 2. The van der Waals surface area contributed by atoms with Crippen LogP contribution in [0.15, 0.2) is 58.8 Å². The van der Waals surface area contributed by atoms with Crippen molar-refractivity contribution in [2.45, 2.75) is 12.1 Å². The predicted molar refractivity (Wildman–Crippen MR) is 115 cm³/mol. The lowest BCUT2D eigenvalue weighted by molar-refractivity contribution is -0.384. The summed E-state index contributed by atoms with van der Waals surface area (Å²) in [6.07, 6.45) is 1.46. The molecule has 3 rings (SSSR count). The lowest BCUT2D eigenvalue weighted by atomic mass is 10.2. The summed E-state index contributed by atoms with van der Waals surface area (Å²) >= 11 is 1.13. The van der Waals surface area contributed by atoms with E-state index in [0.717, 1.165) is 23.0 Å². The van der Waals surface area contributed by atoms with Gasteiger partial charge in [-0.3, -0.25) is 14.9 Å². The Morgan fingerprint density at radius 1 is 1.27 bits per heavy atom. The third-order valence-corrected chi connectivity index (χ3v) is 4.84. The normalized spacial score (nSPS) is 10.8. The number of hydrogen-bond acceptors (Lipinski definition) is 9. The molecular weight excluding hydrogens is 408 g/mol. The summed E-state index contributed by atoms with van der Waals surface area (Å²) in [6.45, 7) is 1.91. The number of nitrogens with two attached hydrogens (primary N) is 1. The van der Waals surface area contributed by atoms with E-state index < -0.39 is 4.92 Å². The standard InChI is InChI=1S/C18H18N8O3S/c1-12-4-2-3-5-15(12)21-16(27)11-30-18-24-23-17(25(18)19)22-20-10-13-6-8-14(9-7-13)26(28)29/h2-10H,11,19H2,1H3,(H,21,27)(H,22,23)/b20-10+. The zero-order valence-corrected chi connectivity index (χ0v) is 16.7. The first-order valence-electron chi connectivity index (χ1n) is 8.66. The molecule has 154 valence electrons. The summed E-state index contributed by atoms with van der Waals surface area (Å²) < 4.78 is 1.18. The number of hydrazone groups is 1. The van der Waals surface area contributed by atoms with Crippen molar-refractivity contribution in [3.8, 4) is 0 Å². The molecule has 30 heavy (non-hydrogen) atoms. The Balaban J connectivity index is 1.53. The van der Waals surface area contributed by atoms with Crippen molar-refractivity contribution in [2.24, 2.45) is 5.10 Å². The molecule has 0 radical (unpaired) electrons.